The van der Waals surface area contributed by atoms with Gasteiger partial charge in [0, 0.05) is 6.42 Å². The van der Waals surface area contributed by atoms with Crippen LogP contribution in [0.2, 0.25) is 0 Å². The fraction of sp³-hybridized carbons (Fsp3) is 0.909. The molecule has 0 aliphatic heterocycles. The maximum absolute atomic E-state index is 11.1. The van der Waals surface area contributed by atoms with Gasteiger partial charge in [-0.3, -0.25) is 0 Å². The molecule has 13 heavy (non-hydrogen) atoms. The van der Waals surface area contributed by atoms with Crippen LogP contribution in [-0.4, -0.2) is 12.3 Å². The molecule has 0 aromatic heterocycles. The van der Waals surface area contributed by atoms with Crippen molar-refractivity contribution in [1.82, 2.24) is 0 Å². The molecular formula is C11H19NO. The molecule has 2 aliphatic carbocycles. The van der Waals surface area contributed by atoms with E-state index in [1.165, 1.54) is 25.7 Å². The summed E-state index contributed by atoms with van der Waals surface area (Å²) in [6.45, 7) is 2.40. The zero-order valence-corrected chi connectivity index (χ0v) is 8.38. The Kier molecular flexibility index (Phi) is 2.18. The summed E-state index contributed by atoms with van der Waals surface area (Å²) < 4.78 is 0. The van der Waals surface area contributed by atoms with Gasteiger partial charge in [-0.25, -0.2) is 0 Å². The van der Waals surface area contributed by atoms with Gasteiger partial charge in [0.15, 0.2) is 0 Å². The molecule has 0 spiro atoms. The molecule has 2 N–H and O–H groups in total. The third-order valence-electron chi connectivity index (χ3n) is 4.02. The van der Waals surface area contributed by atoms with Gasteiger partial charge < -0.3 is 10.5 Å². The summed E-state index contributed by atoms with van der Waals surface area (Å²) in [5.41, 5.74) is 6.01. The first-order valence-corrected chi connectivity index (χ1v) is 5.35. The molecule has 0 amide bonds. The Labute approximate surface area is 79.9 Å². The quantitative estimate of drug-likeness (QED) is 0.720. The topological polar surface area (TPSA) is 43.1 Å². The predicted octanol–water partition coefficient (Wildman–Crippen LogP) is 1.73. The van der Waals surface area contributed by atoms with E-state index in [9.17, 15) is 4.79 Å². The predicted molar refractivity (Wildman–Crippen MR) is 52.2 cm³/mol. The number of carbonyl (C=O) groups excluding carboxylic acids is 1. The molecular weight excluding hydrogens is 162 g/mol. The molecule has 3 atom stereocenters. The molecule has 2 heteroatoms. The minimum absolute atomic E-state index is 0.192. The number of rotatable bonds is 3. The molecule has 2 fully saturated rings. The van der Waals surface area contributed by atoms with E-state index in [0.29, 0.717) is 12.3 Å². The third-order valence-corrected chi connectivity index (χ3v) is 4.02. The van der Waals surface area contributed by atoms with Crippen LogP contribution in [-0.2, 0) is 4.79 Å². The van der Waals surface area contributed by atoms with E-state index in [-0.39, 0.29) is 5.41 Å². The smallest absolute Gasteiger partial charge is 0.130 e. The fourth-order valence-electron chi connectivity index (χ4n) is 3.28. The van der Waals surface area contributed by atoms with Crippen molar-refractivity contribution in [2.75, 3.05) is 6.54 Å². The highest BCUT2D eigenvalue weighted by atomic mass is 16.1. The van der Waals surface area contributed by atoms with Crippen molar-refractivity contribution >= 4 is 5.78 Å². The summed E-state index contributed by atoms with van der Waals surface area (Å²) in [4.78, 5) is 11.1. The normalized spacial score (nSPS) is 42.6. The largest absolute Gasteiger partial charge is 0.330 e. The van der Waals surface area contributed by atoms with Crippen LogP contribution in [0.15, 0.2) is 0 Å². The fourth-order valence-corrected chi connectivity index (χ4v) is 3.28. The average molecular weight is 181 g/mol. The second kappa shape index (κ2) is 3.09. The van der Waals surface area contributed by atoms with E-state index >= 15 is 0 Å². The second-order valence-corrected chi connectivity index (χ2v) is 5.09. The number of hydrogen-bond acceptors (Lipinski definition) is 2. The number of hydrogen-bond donors (Lipinski definition) is 1. The van der Waals surface area contributed by atoms with Crippen molar-refractivity contribution in [2.24, 2.45) is 23.0 Å². The lowest BCUT2D eigenvalue weighted by atomic mass is 9.77. The highest BCUT2D eigenvalue weighted by Crippen LogP contribution is 2.56. The number of carbonyl (C=O) groups is 1. The SMILES string of the molecule is CC(=O)C[C@@]1(CN)C[C@H]2CC[C@H]2C1. The summed E-state index contributed by atoms with van der Waals surface area (Å²) >= 11 is 0. The Morgan fingerprint density at radius 1 is 1.38 bits per heavy atom. The van der Waals surface area contributed by atoms with Crippen molar-refractivity contribution in [3.63, 3.8) is 0 Å². The van der Waals surface area contributed by atoms with Crippen LogP contribution in [0.4, 0.5) is 0 Å². The molecule has 0 saturated heterocycles. The molecule has 74 valence electrons. The van der Waals surface area contributed by atoms with Crippen LogP contribution in [0.25, 0.3) is 0 Å². The van der Waals surface area contributed by atoms with Gasteiger partial charge in [-0.15, -0.1) is 0 Å². The van der Waals surface area contributed by atoms with Crippen LogP contribution in [0.3, 0.4) is 0 Å². The zero-order chi connectivity index (χ0) is 9.47. The molecule has 2 rings (SSSR count). The van der Waals surface area contributed by atoms with E-state index in [1.54, 1.807) is 6.92 Å². The lowest BCUT2D eigenvalue weighted by Gasteiger charge is -2.29. The Bertz CT molecular complexity index is 212. The number of Topliss-reactive ketones (excluding diaryl/α,β-unsaturated/α-hetero) is 1. The highest BCUT2D eigenvalue weighted by molar-refractivity contribution is 5.76. The Morgan fingerprint density at radius 2 is 1.92 bits per heavy atom. The molecule has 2 aliphatic rings. The van der Waals surface area contributed by atoms with Crippen LogP contribution in [0, 0.1) is 17.3 Å². The van der Waals surface area contributed by atoms with Gasteiger partial charge in [0.1, 0.15) is 5.78 Å². The van der Waals surface area contributed by atoms with E-state index in [4.69, 9.17) is 5.73 Å². The van der Waals surface area contributed by atoms with Gasteiger partial charge in [-0.05, 0) is 56.4 Å². The summed E-state index contributed by atoms with van der Waals surface area (Å²) in [6.07, 6.45) is 5.91. The van der Waals surface area contributed by atoms with Gasteiger partial charge in [-0.2, -0.15) is 0 Å². The van der Waals surface area contributed by atoms with Gasteiger partial charge in [-0.1, -0.05) is 0 Å². The molecule has 2 nitrogen and oxygen atoms in total. The molecule has 2 saturated carbocycles. The van der Waals surface area contributed by atoms with E-state index in [2.05, 4.69) is 0 Å². The first kappa shape index (κ1) is 9.20. The summed E-state index contributed by atoms with van der Waals surface area (Å²) in [5, 5.41) is 0. The summed E-state index contributed by atoms with van der Waals surface area (Å²) in [5.74, 6) is 2.12. The standard InChI is InChI=1S/C11H19NO/c1-8(13)4-11(7-12)5-9-2-3-10(9)6-11/h9-10H,2-7,12H2,1H3/t9-,10+,11-. The molecule has 0 unspecified atom stereocenters. The van der Waals surface area contributed by atoms with Crippen LogP contribution < -0.4 is 5.73 Å². The maximum atomic E-state index is 11.1. The second-order valence-electron chi connectivity index (χ2n) is 5.09. The molecule has 0 aromatic rings. The zero-order valence-electron chi connectivity index (χ0n) is 8.38. The lowest BCUT2D eigenvalue weighted by molar-refractivity contribution is -0.119. The monoisotopic (exact) mass is 181 g/mol. The van der Waals surface area contributed by atoms with Crippen molar-refractivity contribution in [3.8, 4) is 0 Å². The van der Waals surface area contributed by atoms with Crippen LogP contribution in [0.1, 0.15) is 39.0 Å². The minimum Gasteiger partial charge on any atom is -0.330 e. The number of ketones is 1. The molecule has 0 aromatic carbocycles. The van der Waals surface area contributed by atoms with Crippen LogP contribution >= 0.6 is 0 Å². The van der Waals surface area contributed by atoms with Crippen LogP contribution in [0.5, 0.6) is 0 Å². The van der Waals surface area contributed by atoms with Gasteiger partial charge in [0.2, 0.25) is 0 Å². The van der Waals surface area contributed by atoms with Crippen molar-refractivity contribution < 1.29 is 4.79 Å². The van der Waals surface area contributed by atoms with Gasteiger partial charge in [0.05, 0.1) is 0 Å². The number of nitrogens with two attached hydrogens (primary N) is 1. The van der Waals surface area contributed by atoms with Crippen molar-refractivity contribution in [2.45, 2.75) is 39.0 Å². The third kappa shape index (κ3) is 1.52. The molecule has 0 radical (unpaired) electrons. The lowest BCUT2D eigenvalue weighted by Crippen LogP contribution is -2.30. The Morgan fingerprint density at radius 3 is 2.23 bits per heavy atom. The summed E-state index contributed by atoms with van der Waals surface area (Å²) in [6, 6.07) is 0. The average Bonchev–Trinajstić information content (AvgIpc) is 2.28. The number of fused-ring (bicyclic) bond motifs is 1. The van der Waals surface area contributed by atoms with Gasteiger partial charge >= 0.3 is 0 Å². The minimum atomic E-state index is 0.192. The first-order chi connectivity index (χ1) is 6.15. The van der Waals surface area contributed by atoms with Gasteiger partial charge in [0.25, 0.3) is 0 Å². The van der Waals surface area contributed by atoms with E-state index < -0.39 is 0 Å². The molecule has 0 heterocycles. The molecule has 0 bridgehead atoms. The van der Waals surface area contributed by atoms with E-state index in [1.807, 2.05) is 0 Å². The highest BCUT2D eigenvalue weighted by Gasteiger charge is 2.48. The Hall–Kier alpha value is -0.370. The first-order valence-electron chi connectivity index (χ1n) is 5.35. The summed E-state index contributed by atoms with van der Waals surface area (Å²) in [7, 11) is 0. The van der Waals surface area contributed by atoms with Crippen molar-refractivity contribution in [3.05, 3.63) is 0 Å². The van der Waals surface area contributed by atoms with E-state index in [0.717, 1.165) is 18.3 Å². The maximum Gasteiger partial charge on any atom is 0.130 e. The van der Waals surface area contributed by atoms with Crippen molar-refractivity contribution in [1.29, 1.82) is 0 Å². The Balaban J connectivity index is 2.03.